The van der Waals surface area contributed by atoms with Crippen molar-refractivity contribution in [2.45, 2.75) is 58.2 Å². The molecule has 2 aromatic heterocycles. The smallest absolute Gasteiger partial charge is 0.237 e. The van der Waals surface area contributed by atoms with Gasteiger partial charge in [0.05, 0.1) is 25.4 Å². The molecule has 0 aromatic carbocycles. The molecule has 130 valence electrons. The maximum Gasteiger partial charge on any atom is 0.237 e. The van der Waals surface area contributed by atoms with Crippen LogP contribution in [0.1, 0.15) is 51.0 Å². The Morgan fingerprint density at radius 2 is 2.33 bits per heavy atom. The van der Waals surface area contributed by atoms with Crippen LogP contribution in [0.5, 0.6) is 0 Å². The molecule has 0 aliphatic carbocycles. The van der Waals surface area contributed by atoms with E-state index in [9.17, 15) is 4.79 Å². The molecular formula is C17H25N5O2. The number of furan rings is 1. The predicted molar refractivity (Wildman–Crippen MR) is 89.1 cm³/mol. The van der Waals surface area contributed by atoms with Crippen molar-refractivity contribution in [3.05, 3.63) is 35.8 Å². The Bertz CT molecular complexity index is 671. The third-order valence-corrected chi connectivity index (χ3v) is 4.24. The summed E-state index contributed by atoms with van der Waals surface area (Å²) in [6, 6.07) is 3.55. The van der Waals surface area contributed by atoms with Crippen LogP contribution >= 0.6 is 0 Å². The van der Waals surface area contributed by atoms with Gasteiger partial charge in [-0.1, -0.05) is 20.8 Å². The molecule has 1 aliphatic rings. The average Bonchev–Trinajstić information content (AvgIpc) is 3.26. The highest BCUT2D eigenvalue weighted by Gasteiger charge is 2.31. The van der Waals surface area contributed by atoms with Crippen LogP contribution in [0, 0.1) is 0 Å². The molecule has 7 nitrogen and oxygen atoms in total. The quantitative estimate of drug-likeness (QED) is 0.875. The number of likely N-dealkylation sites (tertiary alicyclic amines) is 1. The Morgan fingerprint density at radius 1 is 1.50 bits per heavy atom. The fraction of sp³-hybridized carbons (Fsp3) is 0.588. The molecule has 3 heterocycles. The van der Waals surface area contributed by atoms with Crippen molar-refractivity contribution in [2.24, 2.45) is 0 Å². The molecule has 0 radical (unpaired) electrons. The summed E-state index contributed by atoms with van der Waals surface area (Å²) in [5, 5.41) is 10.2. The summed E-state index contributed by atoms with van der Waals surface area (Å²) >= 11 is 0. The van der Waals surface area contributed by atoms with Crippen molar-refractivity contribution in [2.75, 3.05) is 6.54 Å². The van der Waals surface area contributed by atoms with E-state index in [1.807, 2.05) is 12.1 Å². The van der Waals surface area contributed by atoms with Gasteiger partial charge in [0.1, 0.15) is 11.6 Å². The van der Waals surface area contributed by atoms with Crippen molar-refractivity contribution in [3.63, 3.8) is 0 Å². The lowest BCUT2D eigenvalue weighted by Crippen LogP contribution is -2.42. The zero-order chi connectivity index (χ0) is 17.2. The fourth-order valence-electron chi connectivity index (χ4n) is 2.91. The van der Waals surface area contributed by atoms with Gasteiger partial charge in [-0.25, -0.2) is 4.98 Å². The number of aromatic amines is 1. The minimum absolute atomic E-state index is 0.0412. The summed E-state index contributed by atoms with van der Waals surface area (Å²) < 4.78 is 5.25. The van der Waals surface area contributed by atoms with Crippen molar-refractivity contribution >= 4 is 5.91 Å². The monoisotopic (exact) mass is 331 g/mol. The topological polar surface area (TPSA) is 87.0 Å². The molecule has 1 fully saturated rings. The first kappa shape index (κ1) is 16.7. The van der Waals surface area contributed by atoms with Crippen LogP contribution < -0.4 is 5.32 Å². The van der Waals surface area contributed by atoms with Gasteiger partial charge in [-0.05, 0) is 31.5 Å². The predicted octanol–water partition coefficient (Wildman–Crippen LogP) is 1.98. The Labute approximate surface area is 141 Å². The lowest BCUT2D eigenvalue weighted by molar-refractivity contribution is -0.125. The van der Waals surface area contributed by atoms with E-state index in [1.165, 1.54) is 0 Å². The second-order valence-electron chi connectivity index (χ2n) is 7.28. The van der Waals surface area contributed by atoms with E-state index in [-0.39, 0.29) is 17.4 Å². The van der Waals surface area contributed by atoms with Crippen molar-refractivity contribution in [1.82, 2.24) is 25.4 Å². The van der Waals surface area contributed by atoms with Gasteiger partial charge in [0.15, 0.2) is 5.82 Å². The summed E-state index contributed by atoms with van der Waals surface area (Å²) in [5.74, 6) is 2.42. The maximum atomic E-state index is 12.5. The molecule has 7 heteroatoms. The minimum atomic E-state index is -0.122. The molecule has 1 atom stereocenters. The van der Waals surface area contributed by atoms with Gasteiger partial charge < -0.3 is 9.73 Å². The Hall–Kier alpha value is -2.15. The van der Waals surface area contributed by atoms with Crippen LogP contribution in [0.15, 0.2) is 22.8 Å². The number of amides is 1. The second kappa shape index (κ2) is 6.76. The van der Waals surface area contributed by atoms with Crippen molar-refractivity contribution < 1.29 is 9.21 Å². The molecule has 1 unspecified atom stereocenters. The van der Waals surface area contributed by atoms with Crippen molar-refractivity contribution in [3.8, 4) is 0 Å². The first-order valence-electron chi connectivity index (χ1n) is 8.39. The van der Waals surface area contributed by atoms with Gasteiger partial charge in [0.2, 0.25) is 5.91 Å². The maximum absolute atomic E-state index is 12.5. The van der Waals surface area contributed by atoms with Gasteiger partial charge >= 0.3 is 0 Å². The average molecular weight is 331 g/mol. The molecule has 2 N–H and O–H groups in total. The van der Waals surface area contributed by atoms with E-state index < -0.39 is 0 Å². The third kappa shape index (κ3) is 3.84. The van der Waals surface area contributed by atoms with E-state index in [1.54, 1.807) is 6.26 Å². The van der Waals surface area contributed by atoms with Gasteiger partial charge in [0.25, 0.3) is 0 Å². The standard InChI is InChI=1S/C17H25N5O2/c1-17(2,3)16-19-14(20-21-16)11-22-8-4-7-13(22)15(23)18-10-12-6-5-9-24-12/h5-6,9,13H,4,7-8,10-11H2,1-3H3,(H,18,23)(H,19,20,21). The van der Waals surface area contributed by atoms with Gasteiger partial charge in [-0.2, -0.15) is 5.10 Å². The molecule has 1 amide bonds. The zero-order valence-corrected chi connectivity index (χ0v) is 14.5. The third-order valence-electron chi connectivity index (χ3n) is 4.24. The van der Waals surface area contributed by atoms with Crippen LogP contribution in [0.4, 0.5) is 0 Å². The van der Waals surface area contributed by atoms with E-state index in [0.717, 1.165) is 36.8 Å². The van der Waals surface area contributed by atoms with E-state index in [2.05, 4.69) is 46.2 Å². The molecule has 0 saturated carbocycles. The lowest BCUT2D eigenvalue weighted by atomic mass is 9.96. The van der Waals surface area contributed by atoms with Crippen molar-refractivity contribution in [1.29, 1.82) is 0 Å². The Morgan fingerprint density at radius 3 is 3.00 bits per heavy atom. The first-order chi connectivity index (χ1) is 11.4. The largest absolute Gasteiger partial charge is 0.467 e. The summed E-state index contributed by atoms with van der Waals surface area (Å²) in [5.41, 5.74) is -0.0838. The number of hydrogen-bond donors (Lipinski definition) is 2. The number of carbonyl (C=O) groups excluding carboxylic acids is 1. The first-order valence-corrected chi connectivity index (χ1v) is 8.39. The van der Waals surface area contributed by atoms with E-state index >= 15 is 0 Å². The Balaban J connectivity index is 1.58. The van der Waals surface area contributed by atoms with Gasteiger partial charge in [0, 0.05) is 5.41 Å². The molecular weight excluding hydrogens is 306 g/mol. The number of nitrogens with zero attached hydrogens (tertiary/aromatic N) is 3. The molecule has 0 spiro atoms. The summed E-state index contributed by atoms with van der Waals surface area (Å²) in [6.45, 7) is 8.18. The van der Waals surface area contributed by atoms with E-state index in [4.69, 9.17) is 4.42 Å². The second-order valence-corrected chi connectivity index (χ2v) is 7.28. The molecule has 0 bridgehead atoms. The van der Waals surface area contributed by atoms with Crippen LogP contribution in [0.3, 0.4) is 0 Å². The van der Waals surface area contributed by atoms with E-state index in [0.29, 0.717) is 13.1 Å². The van der Waals surface area contributed by atoms with Crippen LogP contribution in [0.25, 0.3) is 0 Å². The van der Waals surface area contributed by atoms with Crippen LogP contribution in [-0.4, -0.2) is 38.6 Å². The Kier molecular flexibility index (Phi) is 4.71. The van der Waals surface area contributed by atoms with Gasteiger partial charge in [-0.3, -0.25) is 14.8 Å². The van der Waals surface area contributed by atoms with Crippen LogP contribution in [0.2, 0.25) is 0 Å². The highest BCUT2D eigenvalue weighted by Crippen LogP contribution is 2.21. The normalized spacial score (nSPS) is 18.9. The van der Waals surface area contributed by atoms with Crippen LogP contribution in [-0.2, 0) is 23.3 Å². The lowest BCUT2D eigenvalue weighted by Gasteiger charge is -2.22. The summed E-state index contributed by atoms with van der Waals surface area (Å²) in [7, 11) is 0. The van der Waals surface area contributed by atoms with Gasteiger partial charge in [-0.15, -0.1) is 0 Å². The zero-order valence-electron chi connectivity index (χ0n) is 14.5. The number of rotatable bonds is 5. The number of carbonyl (C=O) groups is 1. The highest BCUT2D eigenvalue weighted by molar-refractivity contribution is 5.81. The number of aromatic nitrogens is 3. The molecule has 24 heavy (non-hydrogen) atoms. The molecule has 1 aliphatic heterocycles. The summed E-state index contributed by atoms with van der Waals surface area (Å²) in [4.78, 5) is 19.2. The SMILES string of the molecule is CC(C)(C)c1n[nH]c(CN2CCCC2C(=O)NCc2ccco2)n1. The molecule has 2 aromatic rings. The number of H-pyrrole nitrogens is 1. The number of nitrogens with one attached hydrogen (secondary N) is 2. The summed E-state index contributed by atoms with van der Waals surface area (Å²) in [6.07, 6.45) is 3.49. The fourth-order valence-corrected chi connectivity index (χ4v) is 2.91. The number of hydrogen-bond acceptors (Lipinski definition) is 5. The molecule has 1 saturated heterocycles. The highest BCUT2D eigenvalue weighted by atomic mass is 16.3. The molecule has 3 rings (SSSR count). The minimum Gasteiger partial charge on any atom is -0.467 e.